The van der Waals surface area contributed by atoms with Crippen LogP contribution in [0.5, 0.6) is 5.75 Å². The van der Waals surface area contributed by atoms with Gasteiger partial charge >= 0.3 is 0 Å². The summed E-state index contributed by atoms with van der Waals surface area (Å²) < 4.78 is 10.8. The van der Waals surface area contributed by atoms with Crippen LogP contribution in [0.1, 0.15) is 6.42 Å². The molecule has 0 spiro atoms. The van der Waals surface area contributed by atoms with Crippen LogP contribution in [-0.2, 0) is 4.74 Å². The zero-order chi connectivity index (χ0) is 10.3. The van der Waals surface area contributed by atoms with Gasteiger partial charge in [0.15, 0.2) is 0 Å². The Labute approximate surface area is 90.4 Å². The molecule has 82 valence electrons. The Kier molecular flexibility index (Phi) is 4.00. The molecule has 0 saturated carbocycles. The molecule has 1 unspecified atom stereocenters. The number of rotatable bonds is 5. The minimum atomic E-state index is 0.518. The summed E-state index contributed by atoms with van der Waals surface area (Å²) in [4.78, 5) is 0. The molecular formula is C12H17NO2. The second-order valence-corrected chi connectivity index (χ2v) is 3.68. The number of hydrogen-bond donors (Lipinski definition) is 1. The molecule has 15 heavy (non-hydrogen) atoms. The van der Waals surface area contributed by atoms with Crippen LogP contribution < -0.4 is 10.1 Å². The lowest BCUT2D eigenvalue weighted by Gasteiger charge is -2.11. The average Bonchev–Trinajstić information content (AvgIpc) is 2.79. The second kappa shape index (κ2) is 5.73. The fraction of sp³-hybridized carbons (Fsp3) is 0.500. The molecule has 0 bridgehead atoms. The molecular weight excluding hydrogens is 190 g/mol. The molecule has 1 aliphatic rings. The van der Waals surface area contributed by atoms with Crippen molar-refractivity contribution in [1.29, 1.82) is 0 Å². The molecule has 1 fully saturated rings. The van der Waals surface area contributed by atoms with E-state index in [-0.39, 0.29) is 0 Å². The fourth-order valence-corrected chi connectivity index (χ4v) is 1.64. The zero-order valence-electron chi connectivity index (χ0n) is 8.82. The van der Waals surface area contributed by atoms with Gasteiger partial charge in [-0.3, -0.25) is 0 Å². The van der Waals surface area contributed by atoms with Gasteiger partial charge < -0.3 is 14.8 Å². The summed E-state index contributed by atoms with van der Waals surface area (Å²) in [5, 5.41) is 3.40. The first-order valence-electron chi connectivity index (χ1n) is 5.44. The number of ether oxygens (including phenoxy) is 2. The van der Waals surface area contributed by atoms with E-state index >= 15 is 0 Å². The third-order valence-corrected chi connectivity index (χ3v) is 2.48. The monoisotopic (exact) mass is 207 g/mol. The van der Waals surface area contributed by atoms with Gasteiger partial charge in [-0.1, -0.05) is 18.2 Å². The van der Waals surface area contributed by atoms with Gasteiger partial charge in [0, 0.05) is 19.2 Å². The van der Waals surface area contributed by atoms with Gasteiger partial charge in [0.2, 0.25) is 0 Å². The zero-order valence-corrected chi connectivity index (χ0v) is 8.82. The number of para-hydroxylation sites is 1. The van der Waals surface area contributed by atoms with Crippen molar-refractivity contribution in [1.82, 2.24) is 5.32 Å². The van der Waals surface area contributed by atoms with Crippen LogP contribution in [0, 0.1) is 0 Å². The molecule has 0 amide bonds. The van der Waals surface area contributed by atoms with Crippen LogP contribution in [0.15, 0.2) is 30.3 Å². The van der Waals surface area contributed by atoms with E-state index in [9.17, 15) is 0 Å². The van der Waals surface area contributed by atoms with Crippen LogP contribution in [0.2, 0.25) is 0 Å². The van der Waals surface area contributed by atoms with Gasteiger partial charge in [0.05, 0.1) is 6.61 Å². The molecule has 1 N–H and O–H groups in total. The Balaban J connectivity index is 1.59. The lowest BCUT2D eigenvalue weighted by Crippen LogP contribution is -2.32. The standard InChI is InChI=1S/C12H17NO2/c1-2-4-12(5-3-1)15-9-7-13-11-6-8-14-10-11/h1-5,11,13H,6-10H2. The van der Waals surface area contributed by atoms with E-state index in [4.69, 9.17) is 9.47 Å². The highest BCUT2D eigenvalue weighted by Crippen LogP contribution is 2.07. The highest BCUT2D eigenvalue weighted by atomic mass is 16.5. The maximum absolute atomic E-state index is 5.56. The lowest BCUT2D eigenvalue weighted by atomic mass is 10.3. The number of nitrogens with one attached hydrogen (secondary N) is 1. The highest BCUT2D eigenvalue weighted by molar-refractivity contribution is 5.20. The van der Waals surface area contributed by atoms with Gasteiger partial charge in [-0.2, -0.15) is 0 Å². The summed E-state index contributed by atoms with van der Waals surface area (Å²) in [5.74, 6) is 0.932. The Bertz CT molecular complexity index is 270. The largest absolute Gasteiger partial charge is 0.492 e. The summed E-state index contributed by atoms with van der Waals surface area (Å²) in [6.07, 6.45) is 1.12. The molecule has 0 aromatic heterocycles. The Morgan fingerprint density at radius 1 is 1.33 bits per heavy atom. The van der Waals surface area contributed by atoms with Gasteiger partial charge in [0.1, 0.15) is 12.4 Å². The maximum atomic E-state index is 5.56. The average molecular weight is 207 g/mol. The van der Waals surface area contributed by atoms with E-state index in [1.165, 1.54) is 0 Å². The number of benzene rings is 1. The minimum absolute atomic E-state index is 0.518. The summed E-state index contributed by atoms with van der Waals surface area (Å²) in [6.45, 7) is 3.31. The van der Waals surface area contributed by atoms with Gasteiger partial charge in [-0.05, 0) is 18.6 Å². The predicted octanol–water partition coefficient (Wildman–Crippen LogP) is 1.44. The Morgan fingerprint density at radius 3 is 2.93 bits per heavy atom. The first kappa shape index (κ1) is 10.5. The summed E-state index contributed by atoms with van der Waals surface area (Å²) in [7, 11) is 0. The van der Waals surface area contributed by atoms with Crippen molar-refractivity contribution in [3.05, 3.63) is 30.3 Å². The van der Waals surface area contributed by atoms with E-state index < -0.39 is 0 Å². The first-order chi connectivity index (χ1) is 7.45. The van der Waals surface area contributed by atoms with Crippen molar-refractivity contribution in [2.24, 2.45) is 0 Å². The lowest BCUT2D eigenvalue weighted by molar-refractivity contribution is 0.188. The van der Waals surface area contributed by atoms with Gasteiger partial charge in [-0.15, -0.1) is 0 Å². The van der Waals surface area contributed by atoms with Gasteiger partial charge in [-0.25, -0.2) is 0 Å². The van der Waals surface area contributed by atoms with Crippen molar-refractivity contribution in [2.45, 2.75) is 12.5 Å². The molecule has 3 heteroatoms. The van der Waals surface area contributed by atoms with Crippen molar-refractivity contribution in [3.63, 3.8) is 0 Å². The molecule has 1 aliphatic heterocycles. The van der Waals surface area contributed by atoms with Crippen molar-refractivity contribution in [3.8, 4) is 5.75 Å². The maximum Gasteiger partial charge on any atom is 0.119 e. The Hall–Kier alpha value is -1.06. The number of hydrogen-bond acceptors (Lipinski definition) is 3. The Morgan fingerprint density at radius 2 is 2.20 bits per heavy atom. The summed E-state index contributed by atoms with van der Waals surface area (Å²) >= 11 is 0. The van der Waals surface area contributed by atoms with E-state index in [2.05, 4.69) is 5.32 Å². The van der Waals surface area contributed by atoms with Crippen LogP contribution in [0.3, 0.4) is 0 Å². The summed E-state index contributed by atoms with van der Waals surface area (Å²) in [6, 6.07) is 10.4. The van der Waals surface area contributed by atoms with Gasteiger partial charge in [0.25, 0.3) is 0 Å². The fourth-order valence-electron chi connectivity index (χ4n) is 1.64. The molecule has 1 aromatic rings. The van der Waals surface area contributed by atoms with E-state index in [0.717, 1.165) is 31.9 Å². The molecule has 1 atom stereocenters. The smallest absolute Gasteiger partial charge is 0.119 e. The van der Waals surface area contributed by atoms with Crippen LogP contribution in [0.25, 0.3) is 0 Å². The molecule has 3 nitrogen and oxygen atoms in total. The molecule has 1 heterocycles. The van der Waals surface area contributed by atoms with Crippen molar-refractivity contribution in [2.75, 3.05) is 26.4 Å². The quantitative estimate of drug-likeness (QED) is 0.741. The molecule has 0 aliphatic carbocycles. The topological polar surface area (TPSA) is 30.5 Å². The third-order valence-electron chi connectivity index (χ3n) is 2.48. The highest BCUT2D eigenvalue weighted by Gasteiger charge is 2.13. The predicted molar refractivity (Wildman–Crippen MR) is 59.2 cm³/mol. The SMILES string of the molecule is c1ccc(OCCNC2CCOC2)cc1. The van der Waals surface area contributed by atoms with Crippen LogP contribution in [-0.4, -0.2) is 32.4 Å². The summed E-state index contributed by atoms with van der Waals surface area (Å²) in [5.41, 5.74) is 0. The second-order valence-electron chi connectivity index (χ2n) is 3.68. The van der Waals surface area contributed by atoms with E-state index in [1.54, 1.807) is 0 Å². The molecule has 0 radical (unpaired) electrons. The minimum Gasteiger partial charge on any atom is -0.492 e. The van der Waals surface area contributed by atoms with Crippen molar-refractivity contribution >= 4 is 0 Å². The van der Waals surface area contributed by atoms with E-state index in [0.29, 0.717) is 12.6 Å². The van der Waals surface area contributed by atoms with Crippen molar-refractivity contribution < 1.29 is 9.47 Å². The first-order valence-corrected chi connectivity index (χ1v) is 5.44. The van der Waals surface area contributed by atoms with Crippen LogP contribution in [0.4, 0.5) is 0 Å². The van der Waals surface area contributed by atoms with E-state index in [1.807, 2.05) is 30.3 Å². The van der Waals surface area contributed by atoms with Crippen LogP contribution >= 0.6 is 0 Å². The molecule has 2 rings (SSSR count). The third kappa shape index (κ3) is 3.53. The molecule has 1 saturated heterocycles. The molecule has 1 aromatic carbocycles. The normalized spacial score (nSPS) is 20.4.